The number of nitrogens with zero attached hydrogens (tertiary/aromatic N) is 2. The fourth-order valence-corrected chi connectivity index (χ4v) is 0.835. The Hall–Kier alpha value is -0.380. The minimum Gasteiger partial charge on any atom is -0.415 e. The molecule has 10 heavy (non-hydrogen) atoms. The van der Waals surface area contributed by atoms with Gasteiger partial charge in [0.2, 0.25) is 5.89 Å². The fraction of sp³-hybridized carbons (Fsp3) is 0.667. The van der Waals surface area contributed by atoms with Crippen LogP contribution >= 0.6 is 15.9 Å². The van der Waals surface area contributed by atoms with Crippen LogP contribution in [0.5, 0.6) is 0 Å². The maximum atomic E-state index is 5.13. The van der Waals surface area contributed by atoms with Crippen molar-refractivity contribution >= 4 is 15.9 Å². The number of hydrogen-bond donors (Lipinski definition) is 0. The number of hydrogen-bond acceptors (Lipinski definition) is 3. The van der Waals surface area contributed by atoms with E-state index in [1.165, 1.54) is 0 Å². The molecule has 0 spiro atoms. The molecule has 0 saturated heterocycles. The third kappa shape index (κ3) is 1.56. The van der Waals surface area contributed by atoms with Crippen LogP contribution < -0.4 is 0 Å². The Labute approximate surface area is 68.0 Å². The van der Waals surface area contributed by atoms with Crippen molar-refractivity contribution in [2.75, 3.05) is 0 Å². The van der Waals surface area contributed by atoms with Crippen molar-refractivity contribution in [1.29, 1.82) is 0 Å². The normalized spacial score (nSPS) is 13.5. The van der Waals surface area contributed by atoms with Gasteiger partial charge in [0.25, 0.3) is 4.80 Å². The van der Waals surface area contributed by atoms with E-state index in [0.717, 1.165) is 6.42 Å². The molecule has 0 amide bonds. The number of aromatic nitrogens is 2. The van der Waals surface area contributed by atoms with Gasteiger partial charge in [0.1, 0.15) is 0 Å². The molecule has 1 heterocycles. The zero-order chi connectivity index (χ0) is 7.56. The molecule has 1 rings (SSSR count). The van der Waals surface area contributed by atoms with Crippen molar-refractivity contribution in [1.82, 2.24) is 10.2 Å². The maximum absolute atomic E-state index is 5.13. The Morgan fingerprint density at radius 1 is 1.60 bits per heavy atom. The summed E-state index contributed by atoms with van der Waals surface area (Å²) in [4.78, 5) is 0.461. The first-order valence-corrected chi connectivity index (χ1v) is 4.02. The molecule has 0 aromatic carbocycles. The van der Waals surface area contributed by atoms with Gasteiger partial charge in [-0.3, -0.25) is 0 Å². The van der Waals surface area contributed by atoms with Gasteiger partial charge >= 0.3 is 0 Å². The average Bonchev–Trinajstić information content (AvgIpc) is 2.34. The Morgan fingerprint density at radius 2 is 2.30 bits per heavy atom. The van der Waals surface area contributed by atoms with Gasteiger partial charge in [-0.25, -0.2) is 0 Å². The van der Waals surface area contributed by atoms with Gasteiger partial charge in [-0.15, -0.1) is 10.2 Å². The van der Waals surface area contributed by atoms with Gasteiger partial charge in [0, 0.05) is 21.8 Å². The van der Waals surface area contributed by atoms with Crippen molar-refractivity contribution in [3.8, 4) is 0 Å². The average molecular weight is 205 g/mol. The molecule has 0 aliphatic rings. The van der Waals surface area contributed by atoms with Crippen molar-refractivity contribution < 1.29 is 4.42 Å². The van der Waals surface area contributed by atoms with Gasteiger partial charge in [0.05, 0.1) is 0 Å². The largest absolute Gasteiger partial charge is 0.415 e. The summed E-state index contributed by atoms with van der Waals surface area (Å²) in [7, 11) is 0. The van der Waals surface area contributed by atoms with E-state index < -0.39 is 0 Å². The molecule has 1 aromatic rings. The molecule has 1 atom stereocenters. The summed E-state index contributed by atoms with van der Waals surface area (Å²) in [5, 5.41) is 7.51. The zero-order valence-corrected chi connectivity index (χ0v) is 7.55. The van der Waals surface area contributed by atoms with E-state index in [1.54, 1.807) is 0 Å². The number of rotatable bonds is 2. The van der Waals surface area contributed by atoms with Gasteiger partial charge in [-0.2, -0.15) is 0 Å². The van der Waals surface area contributed by atoms with Crippen LogP contribution in [0.1, 0.15) is 32.1 Å². The third-order valence-corrected chi connectivity index (χ3v) is 1.77. The lowest BCUT2D eigenvalue weighted by Gasteiger charge is -1.98. The lowest BCUT2D eigenvalue weighted by Crippen LogP contribution is -1.90. The van der Waals surface area contributed by atoms with Gasteiger partial charge in [0.15, 0.2) is 0 Å². The van der Waals surface area contributed by atoms with Crippen molar-refractivity contribution in [3.63, 3.8) is 0 Å². The first-order valence-electron chi connectivity index (χ1n) is 3.23. The van der Waals surface area contributed by atoms with Crippen LogP contribution in [-0.2, 0) is 0 Å². The lowest BCUT2D eigenvalue weighted by molar-refractivity contribution is 0.436. The molecule has 0 saturated carbocycles. The highest BCUT2D eigenvalue weighted by atomic mass is 79.9. The summed E-state index contributed by atoms with van der Waals surface area (Å²) in [6.45, 7) is 4.14. The van der Waals surface area contributed by atoms with Crippen molar-refractivity contribution in [3.05, 3.63) is 10.7 Å². The first-order chi connectivity index (χ1) is 4.74. The first kappa shape index (κ1) is 7.72. The van der Waals surface area contributed by atoms with E-state index >= 15 is 0 Å². The van der Waals surface area contributed by atoms with Crippen LogP contribution in [0.3, 0.4) is 0 Å². The highest BCUT2D eigenvalue weighted by Crippen LogP contribution is 2.18. The maximum Gasteiger partial charge on any atom is 0.284 e. The van der Waals surface area contributed by atoms with Gasteiger partial charge in [-0.05, 0) is 6.42 Å². The predicted octanol–water partition coefficient (Wildman–Crippen LogP) is 2.35. The highest BCUT2D eigenvalue weighted by molar-refractivity contribution is 9.10. The van der Waals surface area contributed by atoms with Crippen LogP contribution in [-0.4, -0.2) is 10.2 Å². The fourth-order valence-electron chi connectivity index (χ4n) is 0.589. The van der Waals surface area contributed by atoms with E-state index in [2.05, 4.69) is 40.0 Å². The molecule has 56 valence electrons. The van der Waals surface area contributed by atoms with Crippen LogP contribution in [0.2, 0.25) is 0 Å². The third-order valence-electron chi connectivity index (χ3n) is 1.45. The molecule has 1 unspecified atom stereocenters. The van der Waals surface area contributed by atoms with Crippen LogP contribution in [0.15, 0.2) is 9.22 Å². The topological polar surface area (TPSA) is 38.9 Å². The second-order valence-electron chi connectivity index (χ2n) is 2.20. The summed E-state index contributed by atoms with van der Waals surface area (Å²) in [5.74, 6) is 1.06. The molecule has 3 nitrogen and oxygen atoms in total. The minimum atomic E-state index is 0.360. The van der Waals surface area contributed by atoms with E-state index in [0.29, 0.717) is 16.6 Å². The van der Waals surface area contributed by atoms with Crippen LogP contribution in [0.25, 0.3) is 0 Å². The second kappa shape index (κ2) is 3.14. The van der Waals surface area contributed by atoms with E-state index in [-0.39, 0.29) is 0 Å². The summed E-state index contributed by atoms with van der Waals surface area (Å²) < 4.78 is 5.13. The van der Waals surface area contributed by atoms with E-state index in [4.69, 9.17) is 4.42 Å². The smallest absolute Gasteiger partial charge is 0.284 e. The summed E-state index contributed by atoms with van der Waals surface area (Å²) in [6.07, 6.45) is 1.02. The molecular weight excluding hydrogens is 196 g/mol. The highest BCUT2D eigenvalue weighted by Gasteiger charge is 2.09. The molecule has 0 bridgehead atoms. The molecule has 0 N–H and O–H groups in total. The Balaban J connectivity index is 2.74. The molecular formula is C6H9BrN2O. The Morgan fingerprint density at radius 3 is 2.70 bits per heavy atom. The minimum absolute atomic E-state index is 0.360. The number of halogens is 1. The molecule has 1 aromatic heterocycles. The van der Waals surface area contributed by atoms with Crippen molar-refractivity contribution in [2.24, 2.45) is 0 Å². The Kier molecular flexibility index (Phi) is 2.43. The second-order valence-corrected chi connectivity index (χ2v) is 2.88. The van der Waals surface area contributed by atoms with Gasteiger partial charge < -0.3 is 4.42 Å². The summed E-state index contributed by atoms with van der Waals surface area (Å²) in [5.41, 5.74) is 0. The van der Waals surface area contributed by atoms with Crippen molar-refractivity contribution in [2.45, 2.75) is 26.2 Å². The molecule has 4 heteroatoms. The zero-order valence-electron chi connectivity index (χ0n) is 5.97. The Bertz CT molecular complexity index is 211. The van der Waals surface area contributed by atoms with Gasteiger partial charge in [-0.1, -0.05) is 13.8 Å². The lowest BCUT2D eigenvalue weighted by atomic mass is 10.1. The summed E-state index contributed by atoms with van der Waals surface area (Å²) in [6, 6.07) is 0. The monoisotopic (exact) mass is 204 g/mol. The molecule has 0 aliphatic carbocycles. The molecule has 0 aliphatic heterocycles. The van der Waals surface area contributed by atoms with Crippen LogP contribution in [0, 0.1) is 0 Å². The van der Waals surface area contributed by atoms with Crippen LogP contribution in [0.4, 0.5) is 0 Å². The molecule has 0 fully saturated rings. The predicted molar refractivity (Wildman–Crippen MR) is 40.7 cm³/mol. The SMILES string of the molecule is CCC(C)c1nnc(Br)o1. The quantitative estimate of drug-likeness (QED) is 0.743. The molecule has 0 radical (unpaired) electrons. The standard InChI is InChI=1S/C6H9BrN2O/c1-3-4(2)5-8-9-6(7)10-5/h4H,3H2,1-2H3. The summed E-state index contributed by atoms with van der Waals surface area (Å²) >= 11 is 3.09. The van der Waals surface area contributed by atoms with E-state index in [1.807, 2.05) is 0 Å². The van der Waals surface area contributed by atoms with E-state index in [9.17, 15) is 0 Å².